The molecule has 1 heterocycles. The standard InChI is InChI=1S/C12H19NO4/c14-10(15)12(11(16)17)5-3-9(4-6-12)13-7-1-2-8-13/h9H,1-8H2,(H,14,15)(H,16,17). The van der Waals surface area contributed by atoms with Gasteiger partial charge in [-0.3, -0.25) is 9.59 Å². The Morgan fingerprint density at radius 3 is 1.88 bits per heavy atom. The predicted molar refractivity (Wildman–Crippen MR) is 60.8 cm³/mol. The van der Waals surface area contributed by atoms with Crippen molar-refractivity contribution in [2.75, 3.05) is 13.1 Å². The average molecular weight is 241 g/mol. The highest BCUT2D eigenvalue weighted by Gasteiger charge is 2.49. The van der Waals surface area contributed by atoms with Crippen molar-refractivity contribution in [2.24, 2.45) is 5.41 Å². The molecule has 2 aliphatic rings. The van der Waals surface area contributed by atoms with Crippen LogP contribution in [-0.2, 0) is 9.59 Å². The quantitative estimate of drug-likeness (QED) is 0.725. The van der Waals surface area contributed by atoms with Crippen LogP contribution in [0.15, 0.2) is 0 Å². The van der Waals surface area contributed by atoms with Crippen molar-refractivity contribution in [1.82, 2.24) is 4.90 Å². The minimum atomic E-state index is -1.53. The molecule has 0 unspecified atom stereocenters. The van der Waals surface area contributed by atoms with Crippen molar-refractivity contribution in [2.45, 2.75) is 44.6 Å². The summed E-state index contributed by atoms with van der Waals surface area (Å²) in [6.07, 6.45) is 4.33. The summed E-state index contributed by atoms with van der Waals surface area (Å²) in [4.78, 5) is 24.7. The number of rotatable bonds is 3. The van der Waals surface area contributed by atoms with E-state index in [4.69, 9.17) is 10.2 Å². The summed E-state index contributed by atoms with van der Waals surface area (Å²) in [6.45, 7) is 2.16. The summed E-state index contributed by atoms with van der Waals surface area (Å²) in [5, 5.41) is 18.2. The Morgan fingerprint density at radius 2 is 1.47 bits per heavy atom. The summed E-state index contributed by atoms with van der Waals surface area (Å²) in [7, 11) is 0. The van der Waals surface area contributed by atoms with Gasteiger partial charge in [0.05, 0.1) is 0 Å². The van der Waals surface area contributed by atoms with E-state index < -0.39 is 17.4 Å². The van der Waals surface area contributed by atoms with Crippen LogP contribution in [-0.4, -0.2) is 46.2 Å². The van der Waals surface area contributed by atoms with Crippen LogP contribution in [0.5, 0.6) is 0 Å². The van der Waals surface area contributed by atoms with Crippen molar-refractivity contribution in [1.29, 1.82) is 0 Å². The Hall–Kier alpha value is -1.10. The number of carboxylic acid groups (broad SMARTS) is 2. The first-order valence-electron chi connectivity index (χ1n) is 6.27. The van der Waals surface area contributed by atoms with Gasteiger partial charge in [-0.1, -0.05) is 0 Å². The van der Waals surface area contributed by atoms with Crippen molar-refractivity contribution < 1.29 is 19.8 Å². The third-order valence-electron chi connectivity index (χ3n) is 4.28. The van der Waals surface area contributed by atoms with Crippen molar-refractivity contribution >= 4 is 11.9 Å². The maximum Gasteiger partial charge on any atom is 0.321 e. The van der Waals surface area contributed by atoms with Crippen LogP contribution in [0.2, 0.25) is 0 Å². The second-order valence-corrected chi connectivity index (χ2v) is 5.17. The molecule has 1 saturated heterocycles. The number of carbonyl (C=O) groups is 2. The maximum absolute atomic E-state index is 11.2. The Balaban J connectivity index is 2.00. The van der Waals surface area contributed by atoms with E-state index >= 15 is 0 Å². The molecule has 0 radical (unpaired) electrons. The van der Waals surface area contributed by atoms with Gasteiger partial charge in [0.2, 0.25) is 0 Å². The minimum Gasteiger partial charge on any atom is -0.480 e. The van der Waals surface area contributed by atoms with E-state index in [1.165, 1.54) is 12.8 Å². The summed E-state index contributed by atoms with van der Waals surface area (Å²) < 4.78 is 0. The number of hydrogen-bond acceptors (Lipinski definition) is 3. The maximum atomic E-state index is 11.2. The largest absolute Gasteiger partial charge is 0.480 e. The Labute approximate surface area is 100 Å². The fourth-order valence-electron chi connectivity index (χ4n) is 3.09. The zero-order chi connectivity index (χ0) is 12.5. The van der Waals surface area contributed by atoms with E-state index in [0.29, 0.717) is 18.9 Å². The van der Waals surface area contributed by atoms with Crippen LogP contribution in [0.4, 0.5) is 0 Å². The zero-order valence-electron chi connectivity index (χ0n) is 9.89. The Kier molecular flexibility index (Phi) is 3.38. The summed E-state index contributed by atoms with van der Waals surface area (Å²) in [5.74, 6) is -2.35. The lowest BCUT2D eigenvalue weighted by Crippen LogP contribution is -2.46. The van der Waals surface area contributed by atoms with Crippen LogP contribution in [0.3, 0.4) is 0 Å². The summed E-state index contributed by atoms with van der Waals surface area (Å²) >= 11 is 0. The monoisotopic (exact) mass is 241 g/mol. The van der Waals surface area contributed by atoms with Crippen molar-refractivity contribution in [3.05, 3.63) is 0 Å². The molecular weight excluding hydrogens is 222 g/mol. The summed E-state index contributed by atoms with van der Waals surface area (Å²) in [6, 6.07) is 0.393. The van der Waals surface area contributed by atoms with Gasteiger partial charge in [-0.2, -0.15) is 0 Å². The molecule has 0 aromatic carbocycles. The molecule has 17 heavy (non-hydrogen) atoms. The molecule has 0 aromatic heterocycles. The molecule has 1 aliphatic heterocycles. The normalized spacial score (nSPS) is 25.9. The highest BCUT2D eigenvalue weighted by molar-refractivity contribution is 5.98. The highest BCUT2D eigenvalue weighted by Crippen LogP contribution is 2.39. The number of likely N-dealkylation sites (tertiary alicyclic amines) is 1. The molecule has 2 N–H and O–H groups in total. The van der Waals surface area contributed by atoms with Gasteiger partial charge in [-0.05, 0) is 51.6 Å². The Bertz CT molecular complexity index is 298. The first kappa shape index (κ1) is 12.4. The van der Waals surface area contributed by atoms with Gasteiger partial charge >= 0.3 is 11.9 Å². The lowest BCUT2D eigenvalue weighted by Gasteiger charge is -2.37. The number of carboxylic acids is 2. The second kappa shape index (κ2) is 4.64. The topological polar surface area (TPSA) is 77.8 Å². The molecule has 0 spiro atoms. The van der Waals surface area contributed by atoms with Gasteiger partial charge in [-0.15, -0.1) is 0 Å². The molecule has 0 bridgehead atoms. The average Bonchev–Trinajstić information content (AvgIpc) is 2.82. The number of aliphatic carboxylic acids is 2. The highest BCUT2D eigenvalue weighted by atomic mass is 16.4. The van der Waals surface area contributed by atoms with Crippen LogP contribution in [0.1, 0.15) is 38.5 Å². The molecule has 0 atom stereocenters. The Morgan fingerprint density at radius 1 is 1.00 bits per heavy atom. The first-order chi connectivity index (χ1) is 8.06. The molecule has 1 aliphatic carbocycles. The van der Waals surface area contributed by atoms with E-state index in [1.807, 2.05) is 0 Å². The van der Waals surface area contributed by atoms with Gasteiger partial charge in [0.1, 0.15) is 0 Å². The van der Waals surface area contributed by atoms with Crippen molar-refractivity contribution in [3.63, 3.8) is 0 Å². The van der Waals surface area contributed by atoms with Gasteiger partial charge in [0.25, 0.3) is 0 Å². The third kappa shape index (κ3) is 2.16. The lowest BCUT2D eigenvalue weighted by atomic mass is 9.72. The van der Waals surface area contributed by atoms with Gasteiger partial charge in [0, 0.05) is 6.04 Å². The number of nitrogens with zero attached hydrogens (tertiary/aromatic N) is 1. The molecule has 5 nitrogen and oxygen atoms in total. The molecule has 96 valence electrons. The van der Waals surface area contributed by atoms with E-state index in [1.54, 1.807) is 0 Å². The molecule has 1 saturated carbocycles. The third-order valence-corrected chi connectivity index (χ3v) is 4.28. The van der Waals surface area contributed by atoms with E-state index in [2.05, 4.69) is 4.90 Å². The van der Waals surface area contributed by atoms with Gasteiger partial charge in [-0.25, -0.2) is 0 Å². The minimum absolute atomic E-state index is 0.263. The fraction of sp³-hybridized carbons (Fsp3) is 0.833. The summed E-state index contributed by atoms with van der Waals surface area (Å²) in [5.41, 5.74) is -1.53. The zero-order valence-corrected chi connectivity index (χ0v) is 9.89. The van der Waals surface area contributed by atoms with Gasteiger partial charge in [0.15, 0.2) is 5.41 Å². The second-order valence-electron chi connectivity index (χ2n) is 5.17. The first-order valence-corrected chi connectivity index (χ1v) is 6.27. The molecule has 0 aromatic rings. The lowest BCUT2D eigenvalue weighted by molar-refractivity contribution is -0.168. The van der Waals surface area contributed by atoms with E-state index in [-0.39, 0.29) is 12.8 Å². The van der Waals surface area contributed by atoms with Crippen LogP contribution >= 0.6 is 0 Å². The molecule has 5 heteroatoms. The van der Waals surface area contributed by atoms with Crippen LogP contribution in [0, 0.1) is 5.41 Å². The molecule has 0 amide bonds. The molecule has 2 rings (SSSR count). The van der Waals surface area contributed by atoms with E-state index in [9.17, 15) is 9.59 Å². The van der Waals surface area contributed by atoms with Crippen molar-refractivity contribution in [3.8, 4) is 0 Å². The fourth-order valence-corrected chi connectivity index (χ4v) is 3.09. The molecular formula is C12H19NO4. The van der Waals surface area contributed by atoms with Crippen LogP contribution < -0.4 is 0 Å². The predicted octanol–water partition coefficient (Wildman–Crippen LogP) is 1.18. The smallest absolute Gasteiger partial charge is 0.321 e. The van der Waals surface area contributed by atoms with Crippen LogP contribution in [0.25, 0.3) is 0 Å². The SMILES string of the molecule is O=C(O)C1(C(=O)O)CCC(N2CCCC2)CC1. The van der Waals surface area contributed by atoms with E-state index in [0.717, 1.165) is 13.1 Å². The number of hydrogen-bond donors (Lipinski definition) is 2. The van der Waals surface area contributed by atoms with Gasteiger partial charge < -0.3 is 15.1 Å². The molecule has 2 fully saturated rings.